The van der Waals surface area contributed by atoms with Crippen LogP contribution in [0.25, 0.3) is 0 Å². The number of hydrogen-bond acceptors (Lipinski definition) is 5. The van der Waals surface area contributed by atoms with Crippen LogP contribution < -0.4 is 5.32 Å². The van der Waals surface area contributed by atoms with Gasteiger partial charge in [-0.2, -0.15) is 17.5 Å². The van der Waals surface area contributed by atoms with Gasteiger partial charge in [-0.25, -0.2) is 13.2 Å². The van der Waals surface area contributed by atoms with E-state index in [1.807, 2.05) is 0 Å². The van der Waals surface area contributed by atoms with Gasteiger partial charge in [0.05, 0.1) is 18.4 Å². The Morgan fingerprint density at radius 1 is 1.23 bits per heavy atom. The van der Waals surface area contributed by atoms with Crippen molar-refractivity contribution in [1.82, 2.24) is 8.87 Å². The van der Waals surface area contributed by atoms with Gasteiger partial charge in [-0.3, -0.25) is 4.79 Å². The number of para-hydroxylation sites is 1. The lowest BCUT2D eigenvalue weighted by atomic mass is 10.1. The van der Waals surface area contributed by atoms with E-state index in [1.54, 1.807) is 0 Å². The average Bonchev–Trinajstić information content (AvgIpc) is 3.34. The van der Waals surface area contributed by atoms with E-state index in [0.29, 0.717) is 6.42 Å². The van der Waals surface area contributed by atoms with Crippen LogP contribution in [0.4, 0.5) is 18.9 Å². The number of halogens is 3. The molecule has 0 saturated carbocycles. The monoisotopic (exact) mass is 459 g/mol. The number of aryl methyl sites for hydroxylation is 1. The standard InChI is InChI=1S/C19H20F3N3O5S/c1-24-11-12(10-16(24)18(27)30-2)31(28,29)25-9-5-8-15(25)17(26)23-14-7-4-3-6-13(14)19(20,21)22/h3-4,6-7,10-11,15H,5,8-9H2,1-2H3,(H,23,26)/t15-/m0/s1. The molecule has 1 aliphatic rings. The van der Waals surface area contributed by atoms with Crippen molar-refractivity contribution in [3.05, 3.63) is 47.8 Å². The molecule has 1 atom stereocenters. The zero-order chi connectivity index (χ0) is 23.0. The summed E-state index contributed by atoms with van der Waals surface area (Å²) in [6, 6.07) is 4.41. The molecule has 0 radical (unpaired) electrons. The summed E-state index contributed by atoms with van der Waals surface area (Å²) in [5.41, 5.74) is -1.47. The van der Waals surface area contributed by atoms with Crippen molar-refractivity contribution in [2.45, 2.75) is 30.0 Å². The van der Waals surface area contributed by atoms with E-state index >= 15 is 0 Å². The summed E-state index contributed by atoms with van der Waals surface area (Å²) in [6.07, 6.45) is -2.96. The second-order valence-corrected chi connectivity index (χ2v) is 8.86. The zero-order valence-electron chi connectivity index (χ0n) is 16.6. The fourth-order valence-electron chi connectivity index (χ4n) is 3.46. The maximum atomic E-state index is 13.2. The molecule has 0 unspecified atom stereocenters. The molecular formula is C19H20F3N3O5S. The smallest absolute Gasteiger partial charge is 0.418 e. The summed E-state index contributed by atoms with van der Waals surface area (Å²) in [4.78, 5) is 24.3. The number of carbonyl (C=O) groups is 2. The van der Waals surface area contributed by atoms with Crippen LogP contribution in [0.2, 0.25) is 0 Å². The number of methoxy groups -OCH3 is 1. The first-order valence-electron chi connectivity index (χ1n) is 9.20. The van der Waals surface area contributed by atoms with Crippen LogP contribution in [-0.2, 0) is 32.8 Å². The average molecular weight is 459 g/mol. The third kappa shape index (κ3) is 4.44. The molecule has 31 heavy (non-hydrogen) atoms. The Morgan fingerprint density at radius 3 is 2.55 bits per heavy atom. The minimum Gasteiger partial charge on any atom is -0.464 e. The van der Waals surface area contributed by atoms with Gasteiger partial charge in [0.2, 0.25) is 15.9 Å². The molecular weight excluding hydrogens is 439 g/mol. The first-order valence-corrected chi connectivity index (χ1v) is 10.6. The molecule has 3 rings (SSSR count). The minimum atomic E-state index is -4.68. The van der Waals surface area contributed by atoms with Gasteiger partial charge in [-0.1, -0.05) is 12.1 Å². The van der Waals surface area contributed by atoms with Crippen molar-refractivity contribution >= 4 is 27.6 Å². The molecule has 0 spiro atoms. The molecule has 8 nitrogen and oxygen atoms in total. The number of benzene rings is 1. The summed E-state index contributed by atoms with van der Waals surface area (Å²) in [7, 11) is -1.56. The summed E-state index contributed by atoms with van der Waals surface area (Å²) < 4.78 is 72.6. The zero-order valence-corrected chi connectivity index (χ0v) is 17.5. The molecule has 168 valence electrons. The van der Waals surface area contributed by atoms with Gasteiger partial charge in [0.25, 0.3) is 0 Å². The topological polar surface area (TPSA) is 97.7 Å². The maximum absolute atomic E-state index is 13.2. The molecule has 0 bridgehead atoms. The number of amides is 1. The number of nitrogens with one attached hydrogen (secondary N) is 1. The van der Waals surface area contributed by atoms with Gasteiger partial charge in [-0.15, -0.1) is 0 Å². The lowest BCUT2D eigenvalue weighted by molar-refractivity contribution is -0.137. The van der Waals surface area contributed by atoms with E-state index < -0.39 is 45.4 Å². The first kappa shape index (κ1) is 22.8. The van der Waals surface area contributed by atoms with Crippen LogP contribution in [0.1, 0.15) is 28.9 Å². The summed E-state index contributed by atoms with van der Waals surface area (Å²) in [6.45, 7) is 0.0176. The molecule has 1 N–H and O–H groups in total. The highest BCUT2D eigenvalue weighted by Crippen LogP contribution is 2.35. The molecule has 2 heterocycles. The quantitative estimate of drug-likeness (QED) is 0.694. The van der Waals surface area contributed by atoms with Crippen molar-refractivity contribution in [3.63, 3.8) is 0 Å². The number of hydrogen-bond donors (Lipinski definition) is 1. The van der Waals surface area contributed by atoms with Crippen molar-refractivity contribution in [2.75, 3.05) is 19.0 Å². The van der Waals surface area contributed by atoms with Gasteiger partial charge in [0.15, 0.2) is 0 Å². The first-order chi connectivity index (χ1) is 14.5. The van der Waals surface area contributed by atoms with Crippen molar-refractivity contribution in [1.29, 1.82) is 0 Å². The fourth-order valence-corrected chi connectivity index (χ4v) is 5.19. The predicted molar refractivity (Wildman–Crippen MR) is 104 cm³/mol. The van der Waals surface area contributed by atoms with E-state index in [4.69, 9.17) is 0 Å². The van der Waals surface area contributed by atoms with Gasteiger partial charge >= 0.3 is 12.1 Å². The molecule has 1 aliphatic heterocycles. The molecule has 0 aliphatic carbocycles. The van der Waals surface area contributed by atoms with Crippen LogP contribution >= 0.6 is 0 Å². The second-order valence-electron chi connectivity index (χ2n) is 6.97. The van der Waals surface area contributed by atoms with Crippen molar-refractivity contribution < 1.29 is 35.9 Å². The Labute approximate surface area is 176 Å². The normalized spacial score (nSPS) is 17.5. The largest absolute Gasteiger partial charge is 0.464 e. The summed E-state index contributed by atoms with van der Waals surface area (Å²) >= 11 is 0. The van der Waals surface area contributed by atoms with Crippen molar-refractivity contribution in [3.8, 4) is 0 Å². The molecule has 1 saturated heterocycles. The van der Waals surface area contributed by atoms with E-state index in [0.717, 1.165) is 29.6 Å². The Bertz CT molecular complexity index is 1110. The maximum Gasteiger partial charge on any atom is 0.418 e. The molecule has 12 heteroatoms. The summed E-state index contributed by atoms with van der Waals surface area (Å²) in [5, 5.41) is 2.21. The number of rotatable bonds is 5. The highest BCUT2D eigenvalue weighted by Gasteiger charge is 2.41. The molecule has 2 aromatic rings. The fraction of sp³-hybridized carbons (Fsp3) is 0.368. The summed E-state index contributed by atoms with van der Waals surface area (Å²) in [5.74, 6) is -1.59. The van der Waals surface area contributed by atoms with Gasteiger partial charge in [0.1, 0.15) is 16.6 Å². The molecule has 1 fully saturated rings. The minimum absolute atomic E-state index is 0.000350. The van der Waals surface area contributed by atoms with Crippen LogP contribution in [0.3, 0.4) is 0 Å². The Hall–Kier alpha value is -2.86. The van der Waals surface area contributed by atoms with Gasteiger partial charge in [-0.05, 0) is 31.0 Å². The highest BCUT2D eigenvalue weighted by atomic mass is 32.2. The third-order valence-electron chi connectivity index (χ3n) is 4.98. The van der Waals surface area contributed by atoms with Gasteiger partial charge < -0.3 is 14.6 Å². The Kier molecular flexibility index (Phi) is 6.14. The van der Waals surface area contributed by atoms with Crippen LogP contribution in [0.15, 0.2) is 41.4 Å². The third-order valence-corrected chi connectivity index (χ3v) is 6.85. The van der Waals surface area contributed by atoms with Crippen LogP contribution in [-0.4, -0.2) is 48.9 Å². The number of anilines is 1. The van der Waals surface area contributed by atoms with E-state index in [-0.39, 0.29) is 23.6 Å². The second kappa shape index (κ2) is 8.35. The lowest BCUT2D eigenvalue weighted by Gasteiger charge is -2.23. The lowest BCUT2D eigenvalue weighted by Crippen LogP contribution is -2.43. The number of aromatic nitrogens is 1. The van der Waals surface area contributed by atoms with Crippen LogP contribution in [0, 0.1) is 0 Å². The Morgan fingerprint density at radius 2 is 1.90 bits per heavy atom. The number of sulfonamides is 1. The number of esters is 1. The SMILES string of the molecule is COC(=O)c1cc(S(=O)(=O)N2CCC[C@H]2C(=O)Nc2ccccc2C(F)(F)F)cn1C. The van der Waals surface area contributed by atoms with E-state index in [2.05, 4.69) is 10.1 Å². The van der Waals surface area contributed by atoms with Crippen LogP contribution in [0.5, 0.6) is 0 Å². The molecule has 1 aromatic carbocycles. The predicted octanol–water partition coefficient (Wildman–Crippen LogP) is 2.62. The van der Waals surface area contributed by atoms with Gasteiger partial charge in [0, 0.05) is 19.8 Å². The van der Waals surface area contributed by atoms with E-state index in [1.165, 1.54) is 29.9 Å². The Balaban J connectivity index is 1.88. The van der Waals surface area contributed by atoms with E-state index in [9.17, 15) is 31.2 Å². The number of nitrogens with zero attached hydrogens (tertiary/aromatic N) is 2. The number of carbonyl (C=O) groups excluding carboxylic acids is 2. The highest BCUT2D eigenvalue weighted by molar-refractivity contribution is 7.89. The molecule has 1 aromatic heterocycles. The number of alkyl halides is 3. The number of ether oxygens (including phenoxy) is 1. The molecule has 1 amide bonds. The van der Waals surface area contributed by atoms with Crippen molar-refractivity contribution in [2.24, 2.45) is 7.05 Å².